The zero-order valence-electron chi connectivity index (χ0n) is 11.0. The molecule has 1 aliphatic rings. The first-order valence-corrected chi connectivity index (χ1v) is 6.50. The molecule has 0 bridgehead atoms. The minimum absolute atomic E-state index is 0.0877. The summed E-state index contributed by atoms with van der Waals surface area (Å²) < 4.78 is 13.2. The number of benzene rings is 1. The Balaban J connectivity index is 2.01. The number of carbonyl (C=O) groups excluding carboxylic acids is 1. The van der Waals surface area contributed by atoms with Gasteiger partial charge in [-0.15, -0.1) is 0 Å². The van der Waals surface area contributed by atoms with Crippen LogP contribution < -0.4 is 0 Å². The van der Waals surface area contributed by atoms with E-state index in [1.54, 1.807) is 12.1 Å². The van der Waals surface area contributed by atoms with Gasteiger partial charge in [-0.25, -0.2) is 4.39 Å². The van der Waals surface area contributed by atoms with E-state index < -0.39 is 5.82 Å². The molecule has 1 aromatic rings. The van der Waals surface area contributed by atoms with Crippen LogP contribution in [0, 0.1) is 17.1 Å². The molecule has 1 aromatic carbocycles. The third-order valence-electron chi connectivity index (χ3n) is 3.72. The molecular weight excluding hydrogens is 243 g/mol. The molecule has 0 amide bonds. The molecule has 100 valence electrons. The van der Waals surface area contributed by atoms with Crippen molar-refractivity contribution in [2.24, 2.45) is 0 Å². The Hall–Kier alpha value is -1.73. The lowest BCUT2D eigenvalue weighted by molar-refractivity contribution is -0.121. The van der Waals surface area contributed by atoms with Crippen LogP contribution in [0.4, 0.5) is 4.39 Å². The van der Waals surface area contributed by atoms with Crippen LogP contribution in [0.25, 0.3) is 0 Å². The highest BCUT2D eigenvalue weighted by atomic mass is 19.1. The summed E-state index contributed by atoms with van der Waals surface area (Å²) >= 11 is 0. The molecule has 0 aliphatic heterocycles. The lowest BCUT2D eigenvalue weighted by Gasteiger charge is -2.30. The topological polar surface area (TPSA) is 44.1 Å². The van der Waals surface area contributed by atoms with Gasteiger partial charge in [0.15, 0.2) is 0 Å². The first-order valence-electron chi connectivity index (χ1n) is 6.50. The number of ketones is 1. The van der Waals surface area contributed by atoms with Gasteiger partial charge < -0.3 is 0 Å². The molecule has 0 saturated heterocycles. The molecule has 3 nitrogen and oxygen atoms in total. The normalized spacial score (nSPS) is 16.6. The van der Waals surface area contributed by atoms with Gasteiger partial charge in [-0.05, 0) is 37.6 Å². The summed E-state index contributed by atoms with van der Waals surface area (Å²) in [4.78, 5) is 13.4. The summed E-state index contributed by atoms with van der Waals surface area (Å²) in [6.07, 6.45) is 3.09. The number of hydrogen-bond acceptors (Lipinski definition) is 3. The number of rotatable bonds is 3. The zero-order chi connectivity index (χ0) is 13.8. The van der Waals surface area contributed by atoms with Crippen molar-refractivity contribution < 1.29 is 9.18 Å². The van der Waals surface area contributed by atoms with Crippen LogP contribution in [0.3, 0.4) is 0 Å². The molecular formula is C15H17FN2O. The zero-order valence-corrected chi connectivity index (χ0v) is 11.0. The summed E-state index contributed by atoms with van der Waals surface area (Å²) in [5, 5.41) is 8.81. The van der Waals surface area contributed by atoms with Gasteiger partial charge in [-0.3, -0.25) is 9.69 Å². The van der Waals surface area contributed by atoms with Gasteiger partial charge in [0.1, 0.15) is 17.7 Å². The van der Waals surface area contributed by atoms with Crippen LogP contribution in [-0.2, 0) is 11.3 Å². The van der Waals surface area contributed by atoms with E-state index in [2.05, 4.69) is 4.90 Å². The van der Waals surface area contributed by atoms with E-state index in [0.29, 0.717) is 31.2 Å². The Bertz CT molecular complexity index is 511. The number of halogens is 1. The van der Waals surface area contributed by atoms with E-state index in [9.17, 15) is 9.18 Å². The van der Waals surface area contributed by atoms with Gasteiger partial charge in [0.05, 0.1) is 5.56 Å². The van der Waals surface area contributed by atoms with E-state index in [1.165, 1.54) is 6.07 Å². The maximum absolute atomic E-state index is 13.2. The van der Waals surface area contributed by atoms with E-state index in [-0.39, 0.29) is 5.56 Å². The average Bonchev–Trinajstić information content (AvgIpc) is 2.41. The van der Waals surface area contributed by atoms with Gasteiger partial charge in [0, 0.05) is 25.4 Å². The second-order valence-corrected chi connectivity index (χ2v) is 5.11. The van der Waals surface area contributed by atoms with E-state index in [0.717, 1.165) is 18.4 Å². The molecule has 1 saturated carbocycles. The van der Waals surface area contributed by atoms with Crippen LogP contribution in [-0.4, -0.2) is 23.8 Å². The standard InChI is InChI=1S/C15H17FN2O/c1-18(13-3-5-14(19)6-4-13)10-11-2-7-15(16)12(8-11)9-17/h2,7-8,13H,3-6,10H2,1H3. The molecule has 0 heterocycles. The monoisotopic (exact) mass is 260 g/mol. The minimum Gasteiger partial charge on any atom is -0.300 e. The van der Waals surface area contributed by atoms with Crippen molar-refractivity contribution in [3.8, 4) is 6.07 Å². The Morgan fingerprint density at radius 3 is 2.74 bits per heavy atom. The summed E-state index contributed by atoms with van der Waals surface area (Å²) in [7, 11) is 2.01. The lowest BCUT2D eigenvalue weighted by Crippen LogP contribution is -2.34. The number of Topliss-reactive ketones (excluding diaryl/α,β-unsaturated/α-hetero) is 1. The SMILES string of the molecule is CN(Cc1ccc(F)c(C#N)c1)C1CCC(=O)CC1. The highest BCUT2D eigenvalue weighted by molar-refractivity contribution is 5.79. The van der Waals surface area contributed by atoms with Crippen molar-refractivity contribution in [2.75, 3.05) is 7.05 Å². The first kappa shape index (κ1) is 13.7. The van der Waals surface area contributed by atoms with Crippen LogP contribution in [0.5, 0.6) is 0 Å². The molecule has 1 fully saturated rings. The Morgan fingerprint density at radius 1 is 1.42 bits per heavy atom. The van der Waals surface area contributed by atoms with Gasteiger partial charge in [-0.1, -0.05) is 6.07 Å². The van der Waals surface area contributed by atoms with E-state index >= 15 is 0 Å². The smallest absolute Gasteiger partial charge is 0.140 e. The second kappa shape index (κ2) is 5.94. The average molecular weight is 260 g/mol. The van der Waals surface area contributed by atoms with Crippen LogP contribution >= 0.6 is 0 Å². The molecule has 2 rings (SSSR count). The molecule has 19 heavy (non-hydrogen) atoms. The maximum Gasteiger partial charge on any atom is 0.140 e. The van der Waals surface area contributed by atoms with Crippen LogP contribution in [0.1, 0.15) is 36.8 Å². The first-order chi connectivity index (χ1) is 9.10. The minimum atomic E-state index is -0.475. The number of hydrogen-bond donors (Lipinski definition) is 0. The Kier molecular flexibility index (Phi) is 4.28. The number of nitrogens with zero attached hydrogens (tertiary/aromatic N) is 2. The largest absolute Gasteiger partial charge is 0.300 e. The van der Waals surface area contributed by atoms with Crippen molar-refractivity contribution in [1.29, 1.82) is 5.26 Å². The van der Waals surface area contributed by atoms with Crippen LogP contribution in [0.2, 0.25) is 0 Å². The fourth-order valence-corrected chi connectivity index (χ4v) is 2.54. The van der Waals surface area contributed by atoms with Gasteiger partial charge in [-0.2, -0.15) is 5.26 Å². The molecule has 0 N–H and O–H groups in total. The van der Waals surface area contributed by atoms with Crippen molar-refractivity contribution in [3.63, 3.8) is 0 Å². The molecule has 0 aromatic heterocycles. The Morgan fingerprint density at radius 2 is 2.11 bits per heavy atom. The second-order valence-electron chi connectivity index (χ2n) is 5.11. The summed E-state index contributed by atoms with van der Waals surface area (Å²) in [5.41, 5.74) is 1.02. The molecule has 0 atom stereocenters. The van der Waals surface area contributed by atoms with Gasteiger partial charge in [0.25, 0.3) is 0 Å². The molecule has 0 radical (unpaired) electrons. The molecule has 0 unspecified atom stereocenters. The molecule has 1 aliphatic carbocycles. The summed E-state index contributed by atoms with van der Waals surface area (Å²) in [5.74, 6) is -0.129. The predicted molar refractivity (Wildman–Crippen MR) is 69.8 cm³/mol. The van der Waals surface area contributed by atoms with Crippen molar-refractivity contribution >= 4 is 5.78 Å². The van der Waals surface area contributed by atoms with Crippen molar-refractivity contribution in [2.45, 2.75) is 38.3 Å². The quantitative estimate of drug-likeness (QED) is 0.839. The number of nitriles is 1. The van der Waals surface area contributed by atoms with E-state index in [4.69, 9.17) is 5.26 Å². The van der Waals surface area contributed by atoms with Crippen molar-refractivity contribution in [3.05, 3.63) is 35.1 Å². The fourth-order valence-electron chi connectivity index (χ4n) is 2.54. The van der Waals surface area contributed by atoms with Gasteiger partial charge >= 0.3 is 0 Å². The molecule has 4 heteroatoms. The van der Waals surface area contributed by atoms with Gasteiger partial charge in [0.2, 0.25) is 0 Å². The number of carbonyl (C=O) groups is 1. The van der Waals surface area contributed by atoms with Crippen LogP contribution in [0.15, 0.2) is 18.2 Å². The third-order valence-corrected chi connectivity index (χ3v) is 3.72. The third kappa shape index (κ3) is 3.39. The highest BCUT2D eigenvalue weighted by Crippen LogP contribution is 2.21. The summed E-state index contributed by atoms with van der Waals surface area (Å²) in [6.45, 7) is 0.674. The lowest BCUT2D eigenvalue weighted by atomic mass is 9.93. The Labute approximate surface area is 112 Å². The maximum atomic E-state index is 13.2. The highest BCUT2D eigenvalue weighted by Gasteiger charge is 2.22. The molecule has 0 spiro atoms. The van der Waals surface area contributed by atoms with E-state index in [1.807, 2.05) is 13.1 Å². The predicted octanol–water partition coefficient (Wildman–Crippen LogP) is 2.64. The summed E-state index contributed by atoms with van der Waals surface area (Å²) in [6, 6.07) is 6.90. The van der Waals surface area contributed by atoms with Crippen molar-refractivity contribution in [1.82, 2.24) is 4.90 Å². The fraction of sp³-hybridized carbons (Fsp3) is 0.467.